The Kier molecular flexibility index (Phi) is 4.79. The number of aryl methyl sites for hydroxylation is 1. The summed E-state index contributed by atoms with van der Waals surface area (Å²) in [6, 6.07) is 14.8. The van der Waals surface area contributed by atoms with E-state index in [1.807, 2.05) is 43.3 Å². The largest absolute Gasteiger partial charge is 0.457 e. The van der Waals surface area contributed by atoms with E-state index < -0.39 is 0 Å². The number of esters is 1. The first-order valence-electron chi connectivity index (χ1n) is 7.87. The highest BCUT2D eigenvalue weighted by Crippen LogP contribution is 2.19. The van der Waals surface area contributed by atoms with Crippen LogP contribution >= 0.6 is 0 Å². The third-order valence-electron chi connectivity index (χ3n) is 3.69. The zero-order valence-corrected chi connectivity index (χ0v) is 14.4. The molecule has 2 aromatic carbocycles. The van der Waals surface area contributed by atoms with Crippen LogP contribution < -0.4 is 4.90 Å². The molecule has 0 aliphatic carbocycles. The summed E-state index contributed by atoms with van der Waals surface area (Å²) >= 11 is 0. The van der Waals surface area contributed by atoms with Crippen LogP contribution in [0.1, 0.15) is 21.8 Å². The van der Waals surface area contributed by atoms with Gasteiger partial charge in [-0.3, -0.25) is 0 Å². The van der Waals surface area contributed by atoms with E-state index in [1.54, 1.807) is 31.2 Å². The van der Waals surface area contributed by atoms with Crippen LogP contribution in [0.3, 0.4) is 0 Å². The third kappa shape index (κ3) is 4.03. The zero-order valence-electron chi connectivity index (χ0n) is 14.4. The predicted octanol–water partition coefficient (Wildman–Crippen LogP) is 3.47. The second-order valence-corrected chi connectivity index (χ2v) is 5.84. The second-order valence-electron chi connectivity index (χ2n) is 5.84. The van der Waals surface area contributed by atoms with Crippen molar-refractivity contribution in [1.82, 2.24) is 10.2 Å². The summed E-state index contributed by atoms with van der Waals surface area (Å²) < 4.78 is 10.8. The van der Waals surface area contributed by atoms with Gasteiger partial charge in [-0.25, -0.2) is 4.79 Å². The topological polar surface area (TPSA) is 68.5 Å². The molecule has 0 amide bonds. The van der Waals surface area contributed by atoms with Crippen molar-refractivity contribution in [1.29, 1.82) is 0 Å². The molecule has 0 aliphatic rings. The molecule has 0 radical (unpaired) electrons. The number of hydrogen-bond donors (Lipinski definition) is 0. The highest BCUT2D eigenvalue weighted by molar-refractivity contribution is 5.89. The summed E-state index contributed by atoms with van der Waals surface area (Å²) in [6.07, 6.45) is 0. The van der Waals surface area contributed by atoms with E-state index in [2.05, 4.69) is 10.2 Å². The molecular formula is C19H19N3O3. The third-order valence-corrected chi connectivity index (χ3v) is 3.69. The van der Waals surface area contributed by atoms with Gasteiger partial charge in [-0.15, -0.1) is 10.2 Å². The van der Waals surface area contributed by atoms with Crippen molar-refractivity contribution in [2.75, 3.05) is 19.0 Å². The Bertz CT molecular complexity index is 870. The van der Waals surface area contributed by atoms with Crippen LogP contribution in [-0.4, -0.2) is 30.3 Å². The van der Waals surface area contributed by atoms with Gasteiger partial charge >= 0.3 is 5.97 Å². The SMILES string of the molecule is Cc1nnc(-c2ccc(C(=O)OCc3cccc(N(C)C)c3)cc2)o1. The highest BCUT2D eigenvalue weighted by Gasteiger charge is 2.10. The number of ether oxygens (including phenoxy) is 1. The molecular weight excluding hydrogens is 318 g/mol. The Morgan fingerprint density at radius 1 is 1.12 bits per heavy atom. The summed E-state index contributed by atoms with van der Waals surface area (Å²) in [4.78, 5) is 14.2. The van der Waals surface area contributed by atoms with Gasteiger partial charge in [0.05, 0.1) is 5.56 Å². The lowest BCUT2D eigenvalue weighted by molar-refractivity contribution is 0.0473. The maximum absolute atomic E-state index is 12.2. The van der Waals surface area contributed by atoms with Crippen molar-refractivity contribution in [2.24, 2.45) is 0 Å². The van der Waals surface area contributed by atoms with E-state index in [1.165, 1.54) is 0 Å². The maximum Gasteiger partial charge on any atom is 0.338 e. The molecule has 0 unspecified atom stereocenters. The monoisotopic (exact) mass is 337 g/mol. The maximum atomic E-state index is 12.2. The van der Waals surface area contributed by atoms with Crippen molar-refractivity contribution < 1.29 is 13.9 Å². The van der Waals surface area contributed by atoms with Gasteiger partial charge in [0.15, 0.2) is 0 Å². The Hall–Kier alpha value is -3.15. The van der Waals surface area contributed by atoms with Crippen LogP contribution in [0.5, 0.6) is 0 Å². The number of benzene rings is 2. The van der Waals surface area contributed by atoms with Crippen LogP contribution in [0.2, 0.25) is 0 Å². The summed E-state index contributed by atoms with van der Waals surface area (Å²) in [5.74, 6) is 0.555. The lowest BCUT2D eigenvalue weighted by Crippen LogP contribution is -2.09. The van der Waals surface area contributed by atoms with Gasteiger partial charge in [0.25, 0.3) is 0 Å². The Balaban J connectivity index is 1.64. The molecule has 1 heterocycles. The lowest BCUT2D eigenvalue weighted by Gasteiger charge is -2.13. The molecule has 3 aromatic rings. The van der Waals surface area contributed by atoms with E-state index in [0.717, 1.165) is 16.8 Å². The number of carbonyl (C=O) groups excluding carboxylic acids is 1. The zero-order chi connectivity index (χ0) is 17.8. The Morgan fingerprint density at radius 3 is 2.52 bits per heavy atom. The number of nitrogens with zero attached hydrogens (tertiary/aromatic N) is 3. The fraction of sp³-hybridized carbons (Fsp3) is 0.211. The first-order valence-corrected chi connectivity index (χ1v) is 7.87. The summed E-state index contributed by atoms with van der Waals surface area (Å²) in [6.45, 7) is 1.96. The smallest absolute Gasteiger partial charge is 0.338 e. The number of anilines is 1. The Morgan fingerprint density at radius 2 is 1.88 bits per heavy atom. The van der Waals surface area contributed by atoms with Gasteiger partial charge in [-0.2, -0.15) is 0 Å². The number of carbonyl (C=O) groups is 1. The normalized spacial score (nSPS) is 10.5. The second kappa shape index (κ2) is 7.17. The number of aromatic nitrogens is 2. The average molecular weight is 337 g/mol. The molecule has 6 heteroatoms. The number of rotatable bonds is 5. The quantitative estimate of drug-likeness (QED) is 0.664. The molecule has 128 valence electrons. The molecule has 0 fully saturated rings. The molecule has 6 nitrogen and oxygen atoms in total. The van der Waals surface area contributed by atoms with Gasteiger partial charge in [-0.05, 0) is 42.0 Å². The summed E-state index contributed by atoms with van der Waals surface area (Å²) in [5, 5.41) is 7.74. The fourth-order valence-electron chi connectivity index (χ4n) is 2.32. The van der Waals surface area contributed by atoms with Crippen molar-refractivity contribution in [3.8, 4) is 11.5 Å². The summed E-state index contributed by atoms with van der Waals surface area (Å²) in [5.41, 5.74) is 3.24. The van der Waals surface area contributed by atoms with Crippen molar-refractivity contribution in [3.05, 3.63) is 65.5 Å². The highest BCUT2D eigenvalue weighted by atomic mass is 16.5. The lowest BCUT2D eigenvalue weighted by atomic mass is 10.1. The molecule has 0 saturated heterocycles. The first-order chi connectivity index (χ1) is 12.0. The minimum Gasteiger partial charge on any atom is -0.457 e. The van der Waals surface area contributed by atoms with E-state index in [4.69, 9.17) is 9.15 Å². The average Bonchev–Trinajstić information content (AvgIpc) is 3.06. The van der Waals surface area contributed by atoms with E-state index in [9.17, 15) is 4.79 Å². The first kappa shape index (κ1) is 16.7. The van der Waals surface area contributed by atoms with Crippen molar-refractivity contribution in [3.63, 3.8) is 0 Å². The Labute approximate surface area is 146 Å². The molecule has 1 aromatic heterocycles. The van der Waals surface area contributed by atoms with Gasteiger partial charge in [0.1, 0.15) is 6.61 Å². The molecule has 0 aliphatic heterocycles. The van der Waals surface area contributed by atoms with E-state index >= 15 is 0 Å². The molecule has 0 spiro atoms. The van der Waals surface area contributed by atoms with E-state index in [0.29, 0.717) is 17.3 Å². The number of hydrogen-bond acceptors (Lipinski definition) is 6. The molecule has 0 bridgehead atoms. The van der Waals surface area contributed by atoms with Crippen molar-refractivity contribution in [2.45, 2.75) is 13.5 Å². The molecule has 0 saturated carbocycles. The molecule has 25 heavy (non-hydrogen) atoms. The molecule has 3 rings (SSSR count). The van der Waals surface area contributed by atoms with Crippen LogP contribution in [0.25, 0.3) is 11.5 Å². The van der Waals surface area contributed by atoms with Gasteiger partial charge in [0.2, 0.25) is 11.8 Å². The minimum absolute atomic E-state index is 0.227. The van der Waals surface area contributed by atoms with Gasteiger partial charge in [-0.1, -0.05) is 12.1 Å². The predicted molar refractivity (Wildman–Crippen MR) is 94.4 cm³/mol. The minimum atomic E-state index is -0.372. The standard InChI is InChI=1S/C19H19N3O3/c1-13-20-21-18(25-13)15-7-9-16(10-8-15)19(23)24-12-14-5-4-6-17(11-14)22(2)3/h4-11H,12H2,1-3H3. The van der Waals surface area contributed by atoms with Crippen LogP contribution in [0, 0.1) is 6.92 Å². The molecule has 0 atom stereocenters. The van der Waals surface area contributed by atoms with Crippen LogP contribution in [0.4, 0.5) is 5.69 Å². The fourth-order valence-corrected chi connectivity index (χ4v) is 2.32. The van der Waals surface area contributed by atoms with Crippen LogP contribution in [-0.2, 0) is 11.3 Å². The molecule has 0 N–H and O–H groups in total. The van der Waals surface area contributed by atoms with E-state index in [-0.39, 0.29) is 12.6 Å². The van der Waals surface area contributed by atoms with Crippen LogP contribution in [0.15, 0.2) is 52.9 Å². The van der Waals surface area contributed by atoms with Gasteiger partial charge in [0, 0.05) is 32.3 Å². The van der Waals surface area contributed by atoms with Gasteiger partial charge < -0.3 is 14.1 Å². The summed E-state index contributed by atoms with van der Waals surface area (Å²) in [7, 11) is 3.94. The van der Waals surface area contributed by atoms with Crippen molar-refractivity contribution >= 4 is 11.7 Å².